The molecule has 0 spiro atoms. The molecule has 5 N–H and O–H groups in total. The number of hydrogen-bond acceptors (Lipinski definition) is 5. The number of rotatable bonds is 6. The van der Waals surface area contributed by atoms with Crippen molar-refractivity contribution in [2.24, 2.45) is 5.14 Å². The maximum Gasteiger partial charge on any atom is 0.238 e. The molecule has 0 saturated carbocycles. The zero-order valence-electron chi connectivity index (χ0n) is 12.4. The number of benzene rings is 1. The minimum Gasteiger partial charge on any atom is -0.399 e. The average molecular weight is 301 g/mol. The second-order valence-electron chi connectivity index (χ2n) is 5.28. The van der Waals surface area contributed by atoms with Crippen LogP contribution in [0.15, 0.2) is 17.0 Å². The molecule has 0 bridgehead atoms. The second-order valence-corrected chi connectivity index (χ2v) is 6.81. The summed E-state index contributed by atoms with van der Waals surface area (Å²) in [4.78, 5) is 0.0363. The standard InChI is InChI=1S/C13H23N3O3S/c1-5-19-13(3,4)8-16-11-6-10(14)7-12(9(11)2)20(15,17)18/h6-7,16H,5,8,14H2,1-4H3,(H2,15,17,18). The quantitative estimate of drug-likeness (QED) is 0.689. The molecule has 0 aliphatic heterocycles. The van der Waals surface area contributed by atoms with Crippen LogP contribution in [-0.2, 0) is 14.8 Å². The van der Waals surface area contributed by atoms with E-state index in [1.165, 1.54) is 6.07 Å². The Bertz CT molecular complexity index is 583. The number of ether oxygens (including phenoxy) is 1. The summed E-state index contributed by atoms with van der Waals surface area (Å²) in [6, 6.07) is 3.05. The molecule has 0 fully saturated rings. The first kappa shape index (κ1) is 16.7. The van der Waals surface area contributed by atoms with Crippen LogP contribution in [0.2, 0.25) is 0 Å². The predicted octanol–water partition coefficient (Wildman–Crippen LogP) is 1.45. The second kappa shape index (κ2) is 5.99. The lowest BCUT2D eigenvalue weighted by atomic mass is 10.1. The third-order valence-corrected chi connectivity index (χ3v) is 3.97. The average Bonchev–Trinajstić information content (AvgIpc) is 2.28. The molecule has 0 radical (unpaired) electrons. The van der Waals surface area contributed by atoms with E-state index in [1.807, 2.05) is 20.8 Å². The third-order valence-electron chi connectivity index (χ3n) is 2.93. The van der Waals surface area contributed by atoms with Gasteiger partial charge in [0.2, 0.25) is 10.0 Å². The van der Waals surface area contributed by atoms with Crippen molar-refractivity contribution < 1.29 is 13.2 Å². The molecule has 1 aromatic rings. The van der Waals surface area contributed by atoms with Crippen molar-refractivity contribution in [1.82, 2.24) is 0 Å². The van der Waals surface area contributed by atoms with Crippen LogP contribution in [0.3, 0.4) is 0 Å². The van der Waals surface area contributed by atoms with E-state index in [2.05, 4.69) is 5.32 Å². The monoisotopic (exact) mass is 301 g/mol. The van der Waals surface area contributed by atoms with Crippen LogP contribution in [0.25, 0.3) is 0 Å². The van der Waals surface area contributed by atoms with Crippen LogP contribution in [0.4, 0.5) is 11.4 Å². The van der Waals surface area contributed by atoms with E-state index in [0.717, 1.165) is 0 Å². The fraction of sp³-hybridized carbons (Fsp3) is 0.538. The van der Waals surface area contributed by atoms with Gasteiger partial charge in [0.25, 0.3) is 0 Å². The van der Waals surface area contributed by atoms with Crippen LogP contribution >= 0.6 is 0 Å². The van der Waals surface area contributed by atoms with Crippen LogP contribution in [0.1, 0.15) is 26.3 Å². The van der Waals surface area contributed by atoms with Crippen molar-refractivity contribution >= 4 is 21.4 Å². The van der Waals surface area contributed by atoms with Gasteiger partial charge in [0.05, 0.1) is 10.5 Å². The zero-order chi connectivity index (χ0) is 15.6. The first-order valence-corrected chi connectivity index (χ1v) is 7.92. The minimum absolute atomic E-state index is 0.0363. The highest BCUT2D eigenvalue weighted by atomic mass is 32.2. The molecule has 6 nitrogen and oxygen atoms in total. The Balaban J connectivity index is 3.06. The molecule has 0 amide bonds. The number of nitrogens with two attached hydrogens (primary N) is 2. The Morgan fingerprint density at radius 2 is 1.95 bits per heavy atom. The molecule has 0 aliphatic carbocycles. The van der Waals surface area contributed by atoms with Gasteiger partial charge < -0.3 is 15.8 Å². The molecule has 1 rings (SSSR count). The summed E-state index contributed by atoms with van der Waals surface area (Å²) in [6.45, 7) is 8.64. The summed E-state index contributed by atoms with van der Waals surface area (Å²) < 4.78 is 28.6. The summed E-state index contributed by atoms with van der Waals surface area (Å²) in [7, 11) is -3.79. The number of nitrogen functional groups attached to an aromatic ring is 1. The van der Waals surface area contributed by atoms with E-state index in [-0.39, 0.29) is 10.5 Å². The normalized spacial score (nSPS) is 12.4. The lowest BCUT2D eigenvalue weighted by molar-refractivity contribution is 0.000690. The van der Waals surface area contributed by atoms with E-state index in [9.17, 15) is 8.42 Å². The van der Waals surface area contributed by atoms with E-state index >= 15 is 0 Å². The Labute approximate surface area is 120 Å². The van der Waals surface area contributed by atoms with Gasteiger partial charge in [0.1, 0.15) is 0 Å². The number of hydrogen-bond donors (Lipinski definition) is 3. The van der Waals surface area contributed by atoms with Gasteiger partial charge in [-0.1, -0.05) is 0 Å². The Morgan fingerprint density at radius 1 is 1.35 bits per heavy atom. The highest BCUT2D eigenvalue weighted by Gasteiger charge is 2.20. The predicted molar refractivity (Wildman–Crippen MR) is 81.2 cm³/mol. The van der Waals surface area contributed by atoms with Gasteiger partial charge >= 0.3 is 0 Å². The maximum absolute atomic E-state index is 11.5. The van der Waals surface area contributed by atoms with Gasteiger partial charge in [-0.05, 0) is 45.4 Å². The molecule has 0 aromatic heterocycles. The van der Waals surface area contributed by atoms with Crippen molar-refractivity contribution in [2.75, 3.05) is 24.2 Å². The smallest absolute Gasteiger partial charge is 0.238 e. The number of sulfonamides is 1. The molecule has 0 saturated heterocycles. The minimum atomic E-state index is -3.79. The van der Waals surface area contributed by atoms with E-state index in [4.69, 9.17) is 15.6 Å². The number of primary sulfonamides is 1. The fourth-order valence-electron chi connectivity index (χ4n) is 1.94. The van der Waals surface area contributed by atoms with Crippen LogP contribution in [0.5, 0.6) is 0 Å². The van der Waals surface area contributed by atoms with Crippen LogP contribution in [-0.4, -0.2) is 27.2 Å². The van der Waals surface area contributed by atoms with Crippen molar-refractivity contribution in [2.45, 2.75) is 38.2 Å². The fourth-order valence-corrected chi connectivity index (χ4v) is 2.78. The molecule has 0 aliphatic rings. The van der Waals surface area contributed by atoms with Crippen LogP contribution in [0, 0.1) is 6.92 Å². The number of nitrogens with one attached hydrogen (secondary N) is 1. The van der Waals surface area contributed by atoms with Crippen molar-refractivity contribution in [3.63, 3.8) is 0 Å². The SMILES string of the molecule is CCOC(C)(C)CNc1cc(N)cc(S(N)(=O)=O)c1C. The molecular weight excluding hydrogens is 278 g/mol. The molecule has 114 valence electrons. The number of anilines is 2. The van der Waals surface area contributed by atoms with Crippen molar-refractivity contribution in [3.8, 4) is 0 Å². The zero-order valence-corrected chi connectivity index (χ0v) is 13.2. The van der Waals surface area contributed by atoms with Gasteiger partial charge in [-0.3, -0.25) is 0 Å². The molecular formula is C13H23N3O3S. The van der Waals surface area contributed by atoms with E-state index < -0.39 is 10.0 Å². The third kappa shape index (κ3) is 4.36. The molecule has 0 heterocycles. The Kier molecular flexibility index (Phi) is 5.01. The van der Waals surface area contributed by atoms with Gasteiger partial charge in [-0.25, -0.2) is 13.6 Å². The first-order valence-electron chi connectivity index (χ1n) is 6.37. The summed E-state index contributed by atoms with van der Waals surface area (Å²) in [5.41, 5.74) is 6.90. The Morgan fingerprint density at radius 3 is 2.45 bits per heavy atom. The van der Waals surface area contributed by atoms with Crippen LogP contribution < -0.4 is 16.2 Å². The largest absolute Gasteiger partial charge is 0.399 e. The Hall–Kier alpha value is -1.31. The van der Waals surface area contributed by atoms with E-state index in [0.29, 0.717) is 30.1 Å². The molecule has 0 unspecified atom stereocenters. The molecule has 20 heavy (non-hydrogen) atoms. The summed E-state index contributed by atoms with van der Waals surface area (Å²) in [5, 5.41) is 8.36. The van der Waals surface area contributed by atoms with Crippen molar-refractivity contribution in [3.05, 3.63) is 17.7 Å². The van der Waals surface area contributed by atoms with Gasteiger partial charge in [0, 0.05) is 24.5 Å². The highest BCUT2D eigenvalue weighted by Crippen LogP contribution is 2.26. The summed E-state index contributed by atoms with van der Waals surface area (Å²) in [6.07, 6.45) is 0. The molecule has 1 aromatic carbocycles. The topological polar surface area (TPSA) is 107 Å². The first-order chi connectivity index (χ1) is 9.07. The lowest BCUT2D eigenvalue weighted by Gasteiger charge is -2.26. The van der Waals surface area contributed by atoms with E-state index in [1.54, 1.807) is 13.0 Å². The van der Waals surface area contributed by atoms with Crippen molar-refractivity contribution in [1.29, 1.82) is 0 Å². The molecule has 7 heteroatoms. The maximum atomic E-state index is 11.5. The van der Waals surface area contributed by atoms with Gasteiger partial charge in [-0.15, -0.1) is 0 Å². The summed E-state index contributed by atoms with van der Waals surface area (Å²) >= 11 is 0. The van der Waals surface area contributed by atoms with Gasteiger partial charge in [-0.2, -0.15) is 0 Å². The highest BCUT2D eigenvalue weighted by molar-refractivity contribution is 7.89. The molecule has 0 atom stereocenters. The van der Waals surface area contributed by atoms with Gasteiger partial charge in [0.15, 0.2) is 0 Å². The summed E-state index contributed by atoms with van der Waals surface area (Å²) in [5.74, 6) is 0. The lowest BCUT2D eigenvalue weighted by Crippen LogP contribution is -2.33.